The highest BCUT2D eigenvalue weighted by molar-refractivity contribution is 8.00. The zero-order chi connectivity index (χ0) is 20.4. The molecule has 0 radical (unpaired) electrons. The number of hydrogen-bond acceptors (Lipinski definition) is 9. The number of carbonyl (C=O) groups excluding carboxylic acids is 3. The van der Waals surface area contributed by atoms with Crippen LogP contribution in [0.5, 0.6) is 0 Å². The number of ether oxygens (including phenoxy) is 1. The van der Waals surface area contributed by atoms with E-state index in [1.807, 2.05) is 0 Å². The van der Waals surface area contributed by atoms with Crippen LogP contribution in [0, 0.1) is 0 Å². The average Bonchev–Trinajstić information content (AvgIpc) is 3.18. The van der Waals surface area contributed by atoms with E-state index < -0.39 is 35.2 Å². The minimum atomic E-state index is -1.33. The van der Waals surface area contributed by atoms with Crippen LogP contribution in [0.15, 0.2) is 28.7 Å². The third-order valence-electron chi connectivity index (χ3n) is 4.06. The number of nitrogens with zero attached hydrogens (tertiary/aromatic N) is 3. The van der Waals surface area contributed by atoms with Gasteiger partial charge in [-0.25, -0.2) is 4.79 Å². The van der Waals surface area contributed by atoms with Crippen LogP contribution in [-0.2, 0) is 23.9 Å². The molecule has 13 heteroatoms. The molecule has 1 saturated heterocycles. The largest absolute Gasteiger partial charge is 0.477 e. The Labute approximate surface area is 161 Å². The predicted molar refractivity (Wildman–Crippen MR) is 93.2 cm³/mol. The number of aromatic amines is 1. The molecule has 12 nitrogen and oxygen atoms in total. The van der Waals surface area contributed by atoms with E-state index in [2.05, 4.69) is 20.7 Å². The molecule has 148 valence electrons. The highest BCUT2D eigenvalue weighted by Gasteiger charge is 2.54. The quantitative estimate of drug-likeness (QED) is 0.149. The van der Waals surface area contributed by atoms with Crippen molar-refractivity contribution in [2.75, 3.05) is 12.4 Å². The van der Waals surface area contributed by atoms with E-state index in [0.29, 0.717) is 0 Å². The van der Waals surface area contributed by atoms with Gasteiger partial charge in [0.2, 0.25) is 0 Å². The van der Waals surface area contributed by atoms with Crippen LogP contribution in [0.1, 0.15) is 12.6 Å². The van der Waals surface area contributed by atoms with Gasteiger partial charge in [-0.05, 0) is 6.07 Å². The monoisotopic (exact) mass is 409 g/mol. The smallest absolute Gasteiger partial charge is 0.352 e. The summed E-state index contributed by atoms with van der Waals surface area (Å²) in [6.45, 7) is 0.957. The minimum absolute atomic E-state index is 0.148. The standard InChI is InChI=1S/C15H15N5O7S/c1-6(21)27-4-7-5-28-14-10(13(23)20(14)11(7)15(24)25)17-12(22)9(19-26)8-2-3-16-18-8/h2-3,10,14,26H,4-5H2,1H3,(H,16,18)(H,17,22)(H,24,25)/t10?,14-/m0/s1. The fourth-order valence-electron chi connectivity index (χ4n) is 2.80. The Kier molecular flexibility index (Phi) is 5.35. The maximum Gasteiger partial charge on any atom is 0.352 e. The summed E-state index contributed by atoms with van der Waals surface area (Å²) in [4.78, 5) is 48.5. The van der Waals surface area contributed by atoms with Crippen molar-refractivity contribution in [2.24, 2.45) is 5.16 Å². The van der Waals surface area contributed by atoms with Crippen LogP contribution in [0.4, 0.5) is 0 Å². The lowest BCUT2D eigenvalue weighted by Gasteiger charge is -2.49. The number of thioether (sulfide) groups is 1. The molecule has 3 heterocycles. The van der Waals surface area contributed by atoms with Crippen LogP contribution in [0.3, 0.4) is 0 Å². The predicted octanol–water partition coefficient (Wildman–Crippen LogP) is -1.11. The normalized spacial score (nSPS) is 21.7. The molecule has 2 amide bonds. The molecule has 0 spiro atoms. The molecule has 1 unspecified atom stereocenters. The first-order valence-corrected chi connectivity index (χ1v) is 8.96. The fourth-order valence-corrected chi connectivity index (χ4v) is 4.13. The van der Waals surface area contributed by atoms with E-state index in [1.165, 1.54) is 30.9 Å². The van der Waals surface area contributed by atoms with Crippen molar-refractivity contribution >= 4 is 41.2 Å². The van der Waals surface area contributed by atoms with E-state index in [0.717, 1.165) is 4.90 Å². The molecule has 2 aliphatic heterocycles. The second kappa shape index (κ2) is 7.72. The lowest BCUT2D eigenvalue weighted by Crippen LogP contribution is -2.71. The van der Waals surface area contributed by atoms with Gasteiger partial charge in [-0.15, -0.1) is 11.8 Å². The number of oxime groups is 1. The number of hydrogen-bond donors (Lipinski definition) is 4. The Hall–Kier alpha value is -3.35. The van der Waals surface area contributed by atoms with Gasteiger partial charge >= 0.3 is 11.9 Å². The summed E-state index contributed by atoms with van der Waals surface area (Å²) < 4.78 is 4.85. The summed E-state index contributed by atoms with van der Waals surface area (Å²) in [7, 11) is 0. The molecule has 0 bridgehead atoms. The van der Waals surface area contributed by atoms with Crippen molar-refractivity contribution in [3.8, 4) is 0 Å². The van der Waals surface area contributed by atoms with Crippen LogP contribution in [0.2, 0.25) is 0 Å². The van der Waals surface area contributed by atoms with Crippen LogP contribution in [-0.4, -0.2) is 78.7 Å². The lowest BCUT2D eigenvalue weighted by atomic mass is 10.0. The molecule has 2 atom stereocenters. The van der Waals surface area contributed by atoms with Crippen LogP contribution >= 0.6 is 11.8 Å². The number of aromatic nitrogens is 2. The SMILES string of the molecule is CC(=O)OCC1=C(C(=O)O)N2C(=O)C(NC(=O)C(=NO)c3ccn[nH]3)[C@@H]2SC1. The first-order chi connectivity index (χ1) is 13.3. The Morgan fingerprint density at radius 3 is 2.82 bits per heavy atom. The van der Waals surface area contributed by atoms with Gasteiger partial charge in [0.15, 0.2) is 5.71 Å². The minimum Gasteiger partial charge on any atom is -0.477 e. The number of β-lactam (4-membered cyclic amide) rings is 1. The molecule has 4 N–H and O–H groups in total. The Morgan fingerprint density at radius 2 is 2.25 bits per heavy atom. The van der Waals surface area contributed by atoms with Gasteiger partial charge in [0, 0.05) is 24.4 Å². The second-order valence-corrected chi connectivity index (χ2v) is 6.92. The second-order valence-electron chi connectivity index (χ2n) is 5.82. The van der Waals surface area contributed by atoms with Crippen molar-refractivity contribution < 1.29 is 34.2 Å². The van der Waals surface area contributed by atoms with Crippen molar-refractivity contribution in [1.29, 1.82) is 0 Å². The molecule has 0 aliphatic carbocycles. The average molecular weight is 409 g/mol. The van der Waals surface area contributed by atoms with Crippen molar-refractivity contribution in [3.63, 3.8) is 0 Å². The Balaban J connectivity index is 1.76. The number of carbonyl (C=O) groups is 4. The molecule has 1 aromatic heterocycles. The first-order valence-electron chi connectivity index (χ1n) is 7.91. The maximum absolute atomic E-state index is 12.5. The van der Waals surface area contributed by atoms with Crippen molar-refractivity contribution in [3.05, 3.63) is 29.2 Å². The Bertz CT molecular complexity index is 895. The third-order valence-corrected chi connectivity index (χ3v) is 5.40. The number of carboxylic acid groups (broad SMARTS) is 1. The summed E-state index contributed by atoms with van der Waals surface area (Å²) in [5, 5.41) is 29.4. The first kappa shape index (κ1) is 19.4. The molecule has 1 fully saturated rings. The van der Waals surface area contributed by atoms with Gasteiger partial charge < -0.3 is 20.4 Å². The number of aliphatic carboxylic acids is 1. The van der Waals surface area contributed by atoms with Crippen molar-refractivity contribution in [2.45, 2.75) is 18.3 Å². The molecule has 2 aliphatic rings. The van der Waals surface area contributed by atoms with Gasteiger partial charge in [-0.3, -0.25) is 24.4 Å². The molecular formula is C15H15N5O7S. The molecular weight excluding hydrogens is 394 g/mol. The number of rotatable bonds is 6. The van der Waals surface area contributed by atoms with E-state index in [1.54, 1.807) is 0 Å². The number of H-pyrrole nitrogens is 1. The van der Waals surface area contributed by atoms with E-state index in [4.69, 9.17) is 9.94 Å². The number of nitrogens with one attached hydrogen (secondary N) is 2. The summed E-state index contributed by atoms with van der Waals surface area (Å²) >= 11 is 1.22. The van der Waals surface area contributed by atoms with Gasteiger partial charge in [0.1, 0.15) is 23.7 Å². The van der Waals surface area contributed by atoms with E-state index >= 15 is 0 Å². The zero-order valence-corrected chi connectivity index (χ0v) is 15.2. The number of fused-ring (bicyclic) bond motifs is 1. The number of esters is 1. The van der Waals surface area contributed by atoms with E-state index in [9.17, 15) is 24.3 Å². The van der Waals surface area contributed by atoms with Crippen LogP contribution in [0.25, 0.3) is 0 Å². The highest BCUT2D eigenvalue weighted by Crippen LogP contribution is 2.40. The molecule has 1 aromatic rings. The number of carboxylic acids is 1. The summed E-state index contributed by atoms with van der Waals surface area (Å²) in [5.41, 5.74) is -0.189. The zero-order valence-electron chi connectivity index (χ0n) is 14.4. The van der Waals surface area contributed by atoms with Gasteiger partial charge in [-0.2, -0.15) is 5.10 Å². The maximum atomic E-state index is 12.5. The Morgan fingerprint density at radius 1 is 1.50 bits per heavy atom. The summed E-state index contributed by atoms with van der Waals surface area (Å²) in [6.07, 6.45) is 1.36. The molecule has 3 rings (SSSR count). The fraction of sp³-hybridized carbons (Fsp3) is 0.333. The third kappa shape index (κ3) is 3.43. The van der Waals surface area contributed by atoms with Crippen LogP contribution < -0.4 is 5.32 Å². The molecule has 0 saturated carbocycles. The molecule has 0 aromatic carbocycles. The van der Waals surface area contributed by atoms with Gasteiger partial charge in [0.05, 0.1) is 5.69 Å². The molecule has 28 heavy (non-hydrogen) atoms. The number of amides is 2. The highest BCUT2D eigenvalue weighted by atomic mass is 32.2. The van der Waals surface area contributed by atoms with Gasteiger partial charge in [-0.1, -0.05) is 5.16 Å². The van der Waals surface area contributed by atoms with E-state index in [-0.39, 0.29) is 35.0 Å². The van der Waals surface area contributed by atoms with Crippen molar-refractivity contribution in [1.82, 2.24) is 20.4 Å². The summed E-state index contributed by atoms with van der Waals surface area (Å²) in [6, 6.07) is 0.410. The lowest BCUT2D eigenvalue weighted by molar-refractivity contribution is -0.150. The summed E-state index contributed by atoms with van der Waals surface area (Å²) in [5.74, 6) is -3.15. The topological polar surface area (TPSA) is 174 Å². The van der Waals surface area contributed by atoms with Gasteiger partial charge in [0.25, 0.3) is 11.8 Å².